The molecule has 2 aliphatic heterocycles. The van der Waals surface area contributed by atoms with Gasteiger partial charge in [0.25, 0.3) is 0 Å². The molecule has 3 aliphatic rings. The number of carbonyl (C=O) groups is 2. The highest BCUT2D eigenvalue weighted by atomic mass is 35.5. The van der Waals surface area contributed by atoms with Gasteiger partial charge in [-0.15, -0.1) is 0 Å². The second-order valence-electron chi connectivity index (χ2n) is 9.81. The van der Waals surface area contributed by atoms with Crippen molar-refractivity contribution < 1.29 is 23.9 Å². The van der Waals surface area contributed by atoms with Gasteiger partial charge < -0.3 is 9.64 Å². The monoisotopic (exact) mass is 527 g/mol. The Morgan fingerprint density at radius 1 is 1.22 bits per heavy atom. The van der Waals surface area contributed by atoms with Crippen LogP contribution < -0.4 is 15.8 Å². The Kier molecular flexibility index (Phi) is 9.52. The number of aromatic nitrogens is 2. The first kappa shape index (κ1) is 26.8. The van der Waals surface area contributed by atoms with Gasteiger partial charge in [-0.2, -0.15) is 14.4 Å². The molecule has 0 radical (unpaired) electrons. The van der Waals surface area contributed by atoms with Gasteiger partial charge in [-0.05, 0) is 36.8 Å². The Morgan fingerprint density at radius 3 is 2.69 bits per heavy atom. The summed E-state index contributed by atoms with van der Waals surface area (Å²) in [4.78, 5) is 36.2. The molecular weight excluding hydrogens is 493 g/mol. The third-order valence-corrected chi connectivity index (χ3v) is 7.49. The predicted octanol–water partition coefficient (Wildman–Crippen LogP) is 2.06. The van der Waals surface area contributed by atoms with Crippen molar-refractivity contribution in [2.24, 2.45) is 11.8 Å². The summed E-state index contributed by atoms with van der Waals surface area (Å²) in [6.45, 7) is 4.34. The van der Waals surface area contributed by atoms with Gasteiger partial charge in [0, 0.05) is 32.2 Å². The number of rotatable bonds is 11. The lowest BCUT2D eigenvalue weighted by atomic mass is 9.92. The first-order chi connectivity index (χ1) is 17.4. The number of hydroxylamine groups is 2. The van der Waals surface area contributed by atoms with Crippen molar-refractivity contribution in [3.8, 4) is 0 Å². The number of ether oxygens (including phenoxy) is 1. The van der Waals surface area contributed by atoms with E-state index in [0.29, 0.717) is 37.2 Å². The van der Waals surface area contributed by atoms with E-state index in [9.17, 15) is 14.8 Å². The quantitative estimate of drug-likeness (QED) is 0.172. The lowest BCUT2D eigenvalue weighted by Gasteiger charge is -2.33. The van der Waals surface area contributed by atoms with E-state index in [-0.39, 0.29) is 35.9 Å². The van der Waals surface area contributed by atoms with E-state index in [1.54, 1.807) is 0 Å². The van der Waals surface area contributed by atoms with Crippen molar-refractivity contribution >= 4 is 35.6 Å². The van der Waals surface area contributed by atoms with E-state index in [4.69, 9.17) is 16.3 Å². The Bertz CT molecular complexity index is 901. The maximum absolute atomic E-state index is 15.5. The van der Waals surface area contributed by atoms with Crippen molar-refractivity contribution in [3.05, 3.63) is 11.1 Å². The molecular formula is C23H35ClFN7O4. The third-order valence-electron chi connectivity index (χ3n) is 7.32. The van der Waals surface area contributed by atoms with Crippen LogP contribution in [-0.4, -0.2) is 89.4 Å². The van der Waals surface area contributed by atoms with E-state index < -0.39 is 17.6 Å². The summed E-state index contributed by atoms with van der Waals surface area (Å²) < 4.78 is 21.0. The highest BCUT2D eigenvalue weighted by molar-refractivity contribution is 6.28. The Morgan fingerprint density at radius 2 is 1.97 bits per heavy atom. The lowest BCUT2D eigenvalue weighted by Crippen LogP contribution is -2.45. The summed E-state index contributed by atoms with van der Waals surface area (Å²) in [5.74, 6) is -1.61. The van der Waals surface area contributed by atoms with E-state index in [0.717, 1.165) is 58.2 Å². The first-order valence-electron chi connectivity index (χ1n) is 12.7. The van der Waals surface area contributed by atoms with Crippen molar-refractivity contribution in [2.45, 2.75) is 51.0 Å². The molecule has 2 saturated heterocycles. The molecule has 200 valence electrons. The van der Waals surface area contributed by atoms with Gasteiger partial charge in [0.15, 0.2) is 11.6 Å². The molecule has 2 amide bonds. The van der Waals surface area contributed by atoms with Crippen molar-refractivity contribution in [1.29, 1.82) is 0 Å². The highest BCUT2D eigenvalue weighted by Gasteiger charge is 2.32. The summed E-state index contributed by atoms with van der Waals surface area (Å²) >= 11 is 6.15. The molecule has 1 unspecified atom stereocenters. The van der Waals surface area contributed by atoms with Crippen LogP contribution in [0.2, 0.25) is 5.28 Å². The van der Waals surface area contributed by atoms with Crippen LogP contribution in [0, 0.1) is 17.7 Å². The van der Waals surface area contributed by atoms with Gasteiger partial charge in [-0.25, -0.2) is 5.06 Å². The molecule has 1 aromatic heterocycles. The fraction of sp³-hybridized carbons (Fsp3) is 0.739. The molecule has 4 rings (SSSR count). The molecule has 1 aromatic rings. The Hall–Kier alpha value is -2.28. The van der Waals surface area contributed by atoms with Crippen molar-refractivity contribution in [1.82, 2.24) is 25.4 Å². The molecule has 0 aromatic carbocycles. The van der Waals surface area contributed by atoms with E-state index in [2.05, 4.69) is 25.7 Å². The van der Waals surface area contributed by atoms with Crippen molar-refractivity contribution in [3.63, 3.8) is 0 Å². The summed E-state index contributed by atoms with van der Waals surface area (Å²) in [6, 6.07) is 0.0840. The SMILES string of the molecule is O=CN(O)CC(CC1CCCC1)C(=O)NNc1nc(Cl)nc(N2CCC[C@@H]2CN2CCOCC2)c1F. The van der Waals surface area contributed by atoms with E-state index in [1.165, 1.54) is 0 Å². The molecule has 3 fully saturated rings. The fourth-order valence-electron chi connectivity index (χ4n) is 5.47. The highest BCUT2D eigenvalue weighted by Crippen LogP contribution is 2.32. The van der Waals surface area contributed by atoms with Crippen LogP contribution in [0.15, 0.2) is 0 Å². The first-order valence-corrected chi connectivity index (χ1v) is 13.1. The van der Waals surface area contributed by atoms with Crippen LogP contribution in [-0.2, 0) is 14.3 Å². The van der Waals surface area contributed by atoms with Gasteiger partial charge in [-0.1, -0.05) is 25.7 Å². The van der Waals surface area contributed by atoms with Crippen LogP contribution in [0.4, 0.5) is 16.0 Å². The van der Waals surface area contributed by atoms with Gasteiger partial charge in [0.2, 0.25) is 23.4 Å². The zero-order valence-corrected chi connectivity index (χ0v) is 21.1. The van der Waals surface area contributed by atoms with Gasteiger partial charge in [0.05, 0.1) is 25.7 Å². The van der Waals surface area contributed by atoms with Crippen LogP contribution in [0.3, 0.4) is 0 Å². The molecule has 3 heterocycles. The van der Waals surface area contributed by atoms with Gasteiger partial charge >= 0.3 is 0 Å². The lowest BCUT2D eigenvalue weighted by molar-refractivity contribution is -0.154. The van der Waals surface area contributed by atoms with Crippen molar-refractivity contribution in [2.75, 3.05) is 56.3 Å². The molecule has 1 saturated carbocycles. The summed E-state index contributed by atoms with van der Waals surface area (Å²) in [6.07, 6.45) is 6.82. The molecule has 0 bridgehead atoms. The molecule has 3 N–H and O–H groups in total. The second-order valence-corrected chi connectivity index (χ2v) is 10.1. The molecule has 36 heavy (non-hydrogen) atoms. The van der Waals surface area contributed by atoms with Crippen LogP contribution >= 0.6 is 11.6 Å². The standard InChI is InChI=1S/C23H35ClFN7O4/c24-23-26-20(28-29-22(34)17(13-31(35)15-33)12-16-4-1-2-5-16)19(25)21(27-23)32-7-3-6-18(32)14-30-8-10-36-11-9-30/h15-18,35H,1-14H2,(H,29,34)(H,26,27,28)/t17?,18-/m1/s1. The second kappa shape index (κ2) is 12.8. The number of hydrazine groups is 1. The average molecular weight is 528 g/mol. The smallest absolute Gasteiger partial charge is 0.243 e. The zero-order valence-electron chi connectivity index (χ0n) is 20.4. The summed E-state index contributed by atoms with van der Waals surface area (Å²) in [5.41, 5.74) is 5.05. The van der Waals surface area contributed by atoms with E-state index in [1.807, 2.05) is 4.90 Å². The molecule has 11 nitrogen and oxygen atoms in total. The van der Waals surface area contributed by atoms with Gasteiger partial charge in [0.1, 0.15) is 0 Å². The Labute approximate surface area is 215 Å². The number of carbonyl (C=O) groups excluding carboxylic acids is 2. The number of hydrogen-bond acceptors (Lipinski definition) is 9. The zero-order chi connectivity index (χ0) is 25.5. The molecule has 2 atom stereocenters. The third kappa shape index (κ3) is 6.93. The molecule has 13 heteroatoms. The topological polar surface area (TPSA) is 123 Å². The fourth-order valence-corrected chi connectivity index (χ4v) is 5.64. The van der Waals surface area contributed by atoms with Crippen LogP contribution in [0.25, 0.3) is 0 Å². The normalized spacial score (nSPS) is 22.0. The maximum Gasteiger partial charge on any atom is 0.243 e. The van der Waals surface area contributed by atoms with Crippen LogP contribution in [0.1, 0.15) is 44.9 Å². The largest absolute Gasteiger partial charge is 0.379 e. The number of anilines is 2. The molecule has 0 spiro atoms. The van der Waals surface area contributed by atoms with E-state index >= 15 is 4.39 Å². The number of morpholine rings is 1. The number of hydrogen-bond donors (Lipinski definition) is 3. The van der Waals surface area contributed by atoms with Gasteiger partial charge in [-0.3, -0.25) is 30.5 Å². The number of amides is 2. The minimum atomic E-state index is -0.697. The minimum absolute atomic E-state index is 0.0840. The summed E-state index contributed by atoms with van der Waals surface area (Å²) in [5, 5.41) is 9.99. The molecule has 1 aliphatic carbocycles. The number of nitrogens with zero attached hydrogens (tertiary/aromatic N) is 5. The minimum Gasteiger partial charge on any atom is -0.379 e. The Balaban J connectivity index is 1.43. The maximum atomic E-state index is 15.5. The summed E-state index contributed by atoms with van der Waals surface area (Å²) in [7, 11) is 0. The predicted molar refractivity (Wildman–Crippen MR) is 131 cm³/mol. The number of nitrogens with one attached hydrogen (secondary N) is 2. The average Bonchev–Trinajstić information content (AvgIpc) is 3.56. The number of halogens is 2. The van der Waals surface area contributed by atoms with Crippen LogP contribution in [0.5, 0.6) is 0 Å².